The van der Waals surface area contributed by atoms with E-state index in [9.17, 15) is 23.5 Å². The third-order valence-corrected chi connectivity index (χ3v) is 6.29. The smallest absolute Gasteiger partial charge is 0.341 e. The number of fused-ring (bicyclic) bond motifs is 2. The molecule has 2 fully saturated rings. The highest BCUT2D eigenvalue weighted by molar-refractivity contribution is 5.92. The van der Waals surface area contributed by atoms with Crippen LogP contribution in [0.3, 0.4) is 0 Å². The standard InChI is InChI=1S/C22H19F3N4O4/c23-11-1-2-16(14(24)5-11)29-9-13(22(31)32)18(30)12-6-15(25)21(27-20(12)29)28-8-10(7-26)19-17(28)3-4-33-19/h1-2,5-6,9-10,17,19H,3-4,7-8,26H2,(H,31,32). The van der Waals surface area contributed by atoms with Gasteiger partial charge in [-0.1, -0.05) is 0 Å². The van der Waals surface area contributed by atoms with Gasteiger partial charge in [0, 0.05) is 31.3 Å². The largest absolute Gasteiger partial charge is 0.477 e. The van der Waals surface area contributed by atoms with E-state index < -0.39 is 34.4 Å². The molecule has 2 saturated heterocycles. The van der Waals surface area contributed by atoms with Gasteiger partial charge in [0.25, 0.3) is 0 Å². The number of halogens is 3. The number of rotatable bonds is 4. The first-order valence-electron chi connectivity index (χ1n) is 10.3. The summed E-state index contributed by atoms with van der Waals surface area (Å²) in [5.41, 5.74) is 3.80. The van der Waals surface area contributed by atoms with Crippen LogP contribution in [0, 0.1) is 23.4 Å². The average molecular weight is 460 g/mol. The number of carboxylic acid groups (broad SMARTS) is 1. The molecule has 3 aromatic rings. The van der Waals surface area contributed by atoms with E-state index >= 15 is 4.39 Å². The second-order valence-corrected chi connectivity index (χ2v) is 8.15. The normalized spacial score (nSPS) is 22.2. The summed E-state index contributed by atoms with van der Waals surface area (Å²) >= 11 is 0. The lowest BCUT2D eigenvalue weighted by atomic mass is 10.0. The first kappa shape index (κ1) is 21.4. The van der Waals surface area contributed by atoms with Gasteiger partial charge in [-0.05, 0) is 31.2 Å². The van der Waals surface area contributed by atoms with E-state index in [1.54, 1.807) is 4.90 Å². The van der Waals surface area contributed by atoms with Gasteiger partial charge >= 0.3 is 5.97 Å². The van der Waals surface area contributed by atoms with Crippen molar-refractivity contribution in [2.45, 2.75) is 18.6 Å². The van der Waals surface area contributed by atoms with Crippen LogP contribution in [0.25, 0.3) is 16.7 Å². The van der Waals surface area contributed by atoms with Crippen molar-refractivity contribution in [3.63, 3.8) is 0 Å². The van der Waals surface area contributed by atoms with Crippen LogP contribution in [0.1, 0.15) is 16.8 Å². The van der Waals surface area contributed by atoms with E-state index in [1.807, 2.05) is 0 Å². The van der Waals surface area contributed by atoms with Gasteiger partial charge in [-0.3, -0.25) is 9.36 Å². The number of nitrogens with zero attached hydrogens (tertiary/aromatic N) is 3. The molecule has 0 aliphatic carbocycles. The number of anilines is 1. The highest BCUT2D eigenvalue weighted by Gasteiger charge is 2.46. The molecule has 5 rings (SSSR count). The van der Waals surface area contributed by atoms with E-state index in [1.165, 1.54) is 0 Å². The number of carboxylic acids is 1. The molecule has 3 unspecified atom stereocenters. The monoisotopic (exact) mass is 460 g/mol. The van der Waals surface area contributed by atoms with Crippen LogP contribution in [0.15, 0.2) is 35.3 Å². The molecular formula is C22H19F3N4O4. The fraction of sp³-hybridized carbons (Fsp3) is 0.318. The molecule has 4 heterocycles. The molecule has 11 heteroatoms. The van der Waals surface area contributed by atoms with Crippen molar-refractivity contribution in [2.24, 2.45) is 11.7 Å². The minimum absolute atomic E-state index is 0.0412. The number of hydrogen-bond acceptors (Lipinski definition) is 6. The van der Waals surface area contributed by atoms with Gasteiger partial charge in [-0.2, -0.15) is 0 Å². The molecular weight excluding hydrogens is 441 g/mol. The fourth-order valence-corrected chi connectivity index (χ4v) is 4.76. The summed E-state index contributed by atoms with van der Waals surface area (Å²) in [5, 5.41) is 9.11. The highest BCUT2D eigenvalue weighted by Crippen LogP contribution is 2.37. The Hall–Kier alpha value is -3.44. The Morgan fingerprint density at radius 2 is 2.03 bits per heavy atom. The maximum absolute atomic E-state index is 15.2. The second kappa shape index (κ2) is 7.85. The third-order valence-electron chi connectivity index (χ3n) is 6.29. The van der Waals surface area contributed by atoms with Gasteiger partial charge in [0.05, 0.1) is 23.2 Å². The van der Waals surface area contributed by atoms with Crippen molar-refractivity contribution in [1.82, 2.24) is 9.55 Å². The summed E-state index contributed by atoms with van der Waals surface area (Å²) in [5.74, 6) is -4.34. The SMILES string of the molecule is NCC1CN(c2nc3c(cc2F)c(=O)c(C(=O)O)cn3-c2ccc(F)cc2F)C2CCOC12. The molecule has 3 N–H and O–H groups in total. The molecule has 0 amide bonds. The summed E-state index contributed by atoms with van der Waals surface area (Å²) < 4.78 is 50.1. The van der Waals surface area contributed by atoms with Crippen LogP contribution in [0.2, 0.25) is 0 Å². The lowest BCUT2D eigenvalue weighted by Gasteiger charge is -2.25. The zero-order valence-corrected chi connectivity index (χ0v) is 17.2. The van der Waals surface area contributed by atoms with Gasteiger partial charge < -0.3 is 20.5 Å². The van der Waals surface area contributed by atoms with Crippen LogP contribution in [0.4, 0.5) is 19.0 Å². The number of pyridine rings is 2. The quantitative estimate of drug-likeness (QED) is 0.613. The van der Waals surface area contributed by atoms with E-state index in [2.05, 4.69) is 4.98 Å². The molecule has 2 aliphatic rings. The number of carbonyl (C=O) groups is 1. The Bertz CT molecular complexity index is 1350. The average Bonchev–Trinajstić information content (AvgIpc) is 3.37. The summed E-state index contributed by atoms with van der Waals surface area (Å²) in [6.45, 7) is 1.20. The molecule has 3 atom stereocenters. The van der Waals surface area contributed by atoms with Crippen LogP contribution < -0.4 is 16.1 Å². The van der Waals surface area contributed by atoms with Gasteiger partial charge in [0.2, 0.25) is 5.43 Å². The molecule has 1 aromatic carbocycles. The molecule has 0 bridgehead atoms. The molecule has 0 radical (unpaired) electrons. The topological polar surface area (TPSA) is 111 Å². The second-order valence-electron chi connectivity index (χ2n) is 8.15. The molecule has 8 nitrogen and oxygen atoms in total. The van der Waals surface area contributed by atoms with Crippen molar-refractivity contribution in [3.8, 4) is 5.69 Å². The van der Waals surface area contributed by atoms with E-state index in [-0.39, 0.29) is 40.6 Å². The maximum atomic E-state index is 15.2. The first-order chi connectivity index (χ1) is 15.8. The van der Waals surface area contributed by atoms with E-state index in [0.29, 0.717) is 32.2 Å². The zero-order valence-electron chi connectivity index (χ0n) is 17.2. The van der Waals surface area contributed by atoms with Crippen LogP contribution in [-0.4, -0.2) is 52.5 Å². The number of aromatic nitrogens is 2. The molecule has 0 spiro atoms. The molecule has 0 saturated carbocycles. The summed E-state index contributed by atoms with van der Waals surface area (Å²) in [6, 6.07) is 3.44. The molecule has 2 aliphatic heterocycles. The number of nitrogens with two attached hydrogens (primary N) is 1. The van der Waals surface area contributed by atoms with Crippen LogP contribution in [-0.2, 0) is 4.74 Å². The number of ether oxygens (including phenoxy) is 1. The number of aromatic carboxylic acids is 1. The van der Waals surface area contributed by atoms with Crippen LogP contribution >= 0.6 is 0 Å². The van der Waals surface area contributed by atoms with Crippen molar-refractivity contribution in [1.29, 1.82) is 0 Å². The van der Waals surface area contributed by atoms with Crippen molar-refractivity contribution >= 4 is 22.8 Å². The zero-order chi connectivity index (χ0) is 23.4. The van der Waals surface area contributed by atoms with Crippen molar-refractivity contribution in [3.05, 3.63) is 63.7 Å². The minimum atomic E-state index is -1.57. The van der Waals surface area contributed by atoms with Crippen molar-refractivity contribution < 1.29 is 27.8 Å². The Morgan fingerprint density at radius 1 is 1.24 bits per heavy atom. The van der Waals surface area contributed by atoms with Gasteiger partial charge in [-0.25, -0.2) is 22.9 Å². The molecule has 172 valence electrons. The summed E-state index contributed by atoms with van der Waals surface area (Å²) in [7, 11) is 0. The number of hydrogen-bond donors (Lipinski definition) is 2. The lowest BCUT2D eigenvalue weighted by Crippen LogP contribution is -2.33. The van der Waals surface area contributed by atoms with E-state index in [4.69, 9.17) is 10.5 Å². The number of benzene rings is 1. The Labute approximate surface area is 185 Å². The Morgan fingerprint density at radius 3 is 2.73 bits per heavy atom. The van der Waals surface area contributed by atoms with Crippen LogP contribution in [0.5, 0.6) is 0 Å². The maximum Gasteiger partial charge on any atom is 0.341 e. The van der Waals surface area contributed by atoms with Crippen molar-refractivity contribution in [2.75, 3.05) is 24.6 Å². The Kier molecular flexibility index (Phi) is 5.09. The highest BCUT2D eigenvalue weighted by atomic mass is 19.1. The van der Waals surface area contributed by atoms with Gasteiger partial charge in [-0.15, -0.1) is 0 Å². The summed E-state index contributed by atoms with van der Waals surface area (Å²) in [4.78, 5) is 30.5. The van der Waals surface area contributed by atoms with E-state index in [0.717, 1.165) is 29.0 Å². The Balaban J connectivity index is 1.77. The van der Waals surface area contributed by atoms with Gasteiger partial charge in [0.15, 0.2) is 17.3 Å². The molecule has 2 aromatic heterocycles. The summed E-state index contributed by atoms with van der Waals surface area (Å²) in [6.07, 6.45) is 1.36. The first-order valence-corrected chi connectivity index (χ1v) is 10.3. The predicted octanol–water partition coefficient (Wildman–Crippen LogP) is 2.05. The lowest BCUT2D eigenvalue weighted by molar-refractivity contribution is 0.0695. The minimum Gasteiger partial charge on any atom is -0.477 e. The predicted molar refractivity (Wildman–Crippen MR) is 112 cm³/mol. The van der Waals surface area contributed by atoms with Gasteiger partial charge in [0.1, 0.15) is 17.2 Å². The fourth-order valence-electron chi connectivity index (χ4n) is 4.76. The molecule has 33 heavy (non-hydrogen) atoms. The third kappa shape index (κ3) is 3.35.